The molecule has 6 nitrogen and oxygen atoms in total. The molecule has 1 aliphatic heterocycles. The van der Waals surface area contributed by atoms with Crippen molar-refractivity contribution >= 4 is 23.4 Å². The minimum absolute atomic E-state index is 0.200. The van der Waals surface area contributed by atoms with Gasteiger partial charge >= 0.3 is 5.97 Å². The Morgan fingerprint density at radius 1 is 1.21 bits per heavy atom. The third-order valence-electron chi connectivity index (χ3n) is 5.25. The van der Waals surface area contributed by atoms with E-state index in [9.17, 15) is 14.0 Å². The summed E-state index contributed by atoms with van der Waals surface area (Å²) in [5.41, 5.74) is 1.91. The maximum Gasteiger partial charge on any atom is 0.338 e. The van der Waals surface area contributed by atoms with E-state index in [2.05, 4.69) is 11.6 Å². The van der Waals surface area contributed by atoms with Gasteiger partial charge in [-0.15, -0.1) is 0 Å². The highest BCUT2D eigenvalue weighted by atomic mass is 32.1. The molecule has 2 aromatic carbocycles. The van der Waals surface area contributed by atoms with Gasteiger partial charge in [0, 0.05) is 0 Å². The van der Waals surface area contributed by atoms with Crippen LogP contribution in [0.15, 0.2) is 82.2 Å². The molecule has 3 aromatic rings. The van der Waals surface area contributed by atoms with E-state index in [-0.39, 0.29) is 18.0 Å². The number of carbonyl (C=O) groups excluding carboxylic acids is 1. The zero-order valence-corrected chi connectivity index (χ0v) is 19.6. The van der Waals surface area contributed by atoms with E-state index in [4.69, 9.17) is 9.47 Å². The van der Waals surface area contributed by atoms with E-state index in [0.29, 0.717) is 38.5 Å². The Labute approximate surface area is 199 Å². The van der Waals surface area contributed by atoms with Gasteiger partial charge in [0.25, 0.3) is 5.56 Å². The molecule has 0 radical (unpaired) electrons. The van der Waals surface area contributed by atoms with Crippen molar-refractivity contribution in [3.8, 4) is 5.75 Å². The summed E-state index contributed by atoms with van der Waals surface area (Å²) >= 11 is 1.22. The van der Waals surface area contributed by atoms with Crippen LogP contribution in [0.5, 0.6) is 5.75 Å². The second kappa shape index (κ2) is 10.0. The van der Waals surface area contributed by atoms with E-state index in [1.54, 1.807) is 50.3 Å². The van der Waals surface area contributed by atoms with Crippen LogP contribution in [0.1, 0.15) is 31.0 Å². The summed E-state index contributed by atoms with van der Waals surface area (Å²) in [6.45, 7) is 7.67. The number of allylic oxidation sites excluding steroid dienone is 1. The highest BCUT2D eigenvalue weighted by Crippen LogP contribution is 2.31. The lowest BCUT2D eigenvalue weighted by Crippen LogP contribution is -2.39. The van der Waals surface area contributed by atoms with Crippen molar-refractivity contribution in [2.75, 3.05) is 13.2 Å². The number of hydrogen-bond acceptors (Lipinski definition) is 6. The van der Waals surface area contributed by atoms with Crippen molar-refractivity contribution in [1.29, 1.82) is 0 Å². The van der Waals surface area contributed by atoms with Gasteiger partial charge in [0.2, 0.25) is 0 Å². The summed E-state index contributed by atoms with van der Waals surface area (Å²) < 4.78 is 26.1. The zero-order valence-electron chi connectivity index (χ0n) is 18.8. The highest BCUT2D eigenvalue weighted by Gasteiger charge is 2.33. The molecule has 1 aliphatic rings. The number of carbonyl (C=O) groups is 1. The Balaban J connectivity index is 1.88. The summed E-state index contributed by atoms with van der Waals surface area (Å²) in [4.78, 5) is 31.4. The SMILES string of the molecule is C=CCOc1ccc([C@H]2C(C(=O)OCC)=C(C)N=c3s/c(=C\c4ccc(F)cc4)c(=O)n32)cc1. The molecule has 1 atom stereocenters. The third-order valence-corrected chi connectivity index (χ3v) is 6.23. The van der Waals surface area contributed by atoms with Gasteiger partial charge in [0.15, 0.2) is 4.80 Å². The lowest BCUT2D eigenvalue weighted by atomic mass is 9.96. The second-order valence-electron chi connectivity index (χ2n) is 7.52. The average molecular weight is 479 g/mol. The molecule has 0 unspecified atom stereocenters. The van der Waals surface area contributed by atoms with E-state index >= 15 is 0 Å². The number of benzene rings is 2. The van der Waals surface area contributed by atoms with Crippen molar-refractivity contribution in [1.82, 2.24) is 4.57 Å². The molecule has 4 rings (SSSR count). The van der Waals surface area contributed by atoms with Crippen LogP contribution in [0.4, 0.5) is 4.39 Å². The van der Waals surface area contributed by atoms with Crippen molar-refractivity contribution in [2.24, 2.45) is 4.99 Å². The Morgan fingerprint density at radius 2 is 1.91 bits per heavy atom. The lowest BCUT2D eigenvalue weighted by molar-refractivity contribution is -0.139. The van der Waals surface area contributed by atoms with Gasteiger partial charge in [-0.1, -0.05) is 48.3 Å². The smallest absolute Gasteiger partial charge is 0.338 e. The van der Waals surface area contributed by atoms with Crippen LogP contribution < -0.4 is 19.6 Å². The molecule has 0 fully saturated rings. The van der Waals surface area contributed by atoms with Gasteiger partial charge < -0.3 is 9.47 Å². The number of esters is 1. The first-order valence-electron chi connectivity index (χ1n) is 10.7. The molecule has 174 valence electrons. The van der Waals surface area contributed by atoms with Crippen molar-refractivity contribution in [2.45, 2.75) is 19.9 Å². The molecule has 0 bridgehead atoms. The third kappa shape index (κ3) is 4.63. The number of ether oxygens (including phenoxy) is 2. The van der Waals surface area contributed by atoms with E-state index in [1.165, 1.54) is 28.0 Å². The van der Waals surface area contributed by atoms with Crippen LogP contribution in [0.3, 0.4) is 0 Å². The minimum atomic E-state index is -0.709. The predicted molar refractivity (Wildman–Crippen MR) is 129 cm³/mol. The van der Waals surface area contributed by atoms with Crippen LogP contribution in [0.25, 0.3) is 6.08 Å². The first-order valence-corrected chi connectivity index (χ1v) is 11.5. The average Bonchev–Trinajstić information content (AvgIpc) is 3.13. The number of aromatic nitrogens is 1. The molecule has 8 heteroatoms. The Morgan fingerprint density at radius 3 is 2.56 bits per heavy atom. The summed E-state index contributed by atoms with van der Waals surface area (Å²) in [5, 5.41) is 0. The molecule has 0 saturated heterocycles. The van der Waals surface area contributed by atoms with Gasteiger partial charge in [-0.2, -0.15) is 0 Å². The van der Waals surface area contributed by atoms with E-state index in [0.717, 1.165) is 5.56 Å². The minimum Gasteiger partial charge on any atom is -0.490 e. The maximum absolute atomic E-state index is 13.5. The number of thiazole rings is 1. The van der Waals surface area contributed by atoms with Gasteiger partial charge in [-0.05, 0) is 55.3 Å². The molecule has 0 N–H and O–H groups in total. The fraction of sp³-hybridized carbons (Fsp3) is 0.192. The van der Waals surface area contributed by atoms with E-state index in [1.807, 2.05) is 12.1 Å². The molecular formula is C26H23FN2O4S. The van der Waals surface area contributed by atoms with Gasteiger partial charge in [-0.25, -0.2) is 14.2 Å². The molecule has 0 aliphatic carbocycles. The van der Waals surface area contributed by atoms with Crippen molar-refractivity contribution in [3.05, 3.63) is 109 Å². The van der Waals surface area contributed by atoms with Crippen LogP contribution in [0.2, 0.25) is 0 Å². The van der Waals surface area contributed by atoms with E-state index < -0.39 is 12.0 Å². The summed E-state index contributed by atoms with van der Waals surface area (Å²) in [6, 6.07) is 12.4. The highest BCUT2D eigenvalue weighted by molar-refractivity contribution is 7.07. The van der Waals surface area contributed by atoms with Crippen LogP contribution in [0, 0.1) is 5.82 Å². The number of rotatable bonds is 7. The van der Waals surface area contributed by atoms with Crippen molar-refractivity contribution in [3.63, 3.8) is 0 Å². The van der Waals surface area contributed by atoms with Crippen molar-refractivity contribution < 1.29 is 18.7 Å². The standard InChI is InChI=1S/C26H23FN2O4S/c1-4-14-33-20-12-8-18(9-13-20)23-22(25(31)32-5-2)16(3)28-26-29(23)24(30)21(34-26)15-17-6-10-19(27)11-7-17/h4,6-13,15,23H,1,5,14H2,2-3H3/b21-15-/t23-/m0/s1. The Hall–Kier alpha value is -3.78. The topological polar surface area (TPSA) is 69.9 Å². The normalized spacial score (nSPS) is 15.5. The quantitative estimate of drug-likeness (QED) is 0.385. The monoisotopic (exact) mass is 478 g/mol. The van der Waals surface area contributed by atoms with Crippen LogP contribution in [-0.4, -0.2) is 23.8 Å². The van der Waals surface area contributed by atoms with Gasteiger partial charge in [0.05, 0.1) is 28.5 Å². The molecule has 2 heterocycles. The predicted octanol–water partition coefficient (Wildman–Crippen LogP) is 3.50. The maximum atomic E-state index is 13.5. The summed E-state index contributed by atoms with van der Waals surface area (Å²) in [7, 11) is 0. The number of halogens is 1. The zero-order chi connectivity index (χ0) is 24.2. The second-order valence-corrected chi connectivity index (χ2v) is 8.53. The first kappa shape index (κ1) is 23.4. The van der Waals surface area contributed by atoms with Crippen LogP contribution in [-0.2, 0) is 9.53 Å². The summed E-state index contributed by atoms with van der Waals surface area (Å²) in [6.07, 6.45) is 3.34. The molecule has 34 heavy (non-hydrogen) atoms. The number of fused-ring (bicyclic) bond motifs is 1. The Kier molecular flexibility index (Phi) is 6.88. The molecular weight excluding hydrogens is 455 g/mol. The fourth-order valence-corrected chi connectivity index (χ4v) is 4.77. The van der Waals surface area contributed by atoms with Gasteiger partial charge in [-0.3, -0.25) is 9.36 Å². The molecule has 0 amide bonds. The number of nitrogens with zero attached hydrogens (tertiary/aromatic N) is 2. The molecule has 1 aromatic heterocycles. The Bertz CT molecular complexity index is 1430. The fourth-order valence-electron chi connectivity index (χ4n) is 3.72. The molecule has 0 saturated carbocycles. The lowest BCUT2D eigenvalue weighted by Gasteiger charge is -2.24. The summed E-state index contributed by atoms with van der Waals surface area (Å²) in [5.74, 6) is -0.229. The number of hydrogen-bond donors (Lipinski definition) is 0. The largest absolute Gasteiger partial charge is 0.490 e. The first-order chi connectivity index (χ1) is 16.4. The van der Waals surface area contributed by atoms with Gasteiger partial charge in [0.1, 0.15) is 18.2 Å². The van der Waals surface area contributed by atoms with Crippen LogP contribution >= 0.6 is 11.3 Å². The molecule has 0 spiro atoms.